The molecule has 1 aromatic heterocycles. The molecule has 0 N–H and O–H groups in total. The van der Waals surface area contributed by atoms with E-state index in [4.69, 9.17) is 4.74 Å². The zero-order chi connectivity index (χ0) is 26.0. The van der Waals surface area contributed by atoms with Crippen molar-refractivity contribution in [1.82, 2.24) is 9.97 Å². The minimum atomic E-state index is -0.0374. The molecular formula is C30H50N4OS. The Bertz CT molecular complexity index is 793. The van der Waals surface area contributed by atoms with Gasteiger partial charge < -0.3 is 4.74 Å². The second-order valence-electron chi connectivity index (χ2n) is 11.0. The molecule has 0 radical (unpaired) electrons. The molecule has 3 atom stereocenters. The van der Waals surface area contributed by atoms with Crippen molar-refractivity contribution in [2.45, 2.75) is 98.4 Å². The Hall–Kier alpha value is -1.53. The molecule has 1 aromatic rings. The van der Waals surface area contributed by atoms with Gasteiger partial charge in [-0.2, -0.15) is 11.8 Å². The summed E-state index contributed by atoms with van der Waals surface area (Å²) in [5.41, 5.74) is 2.48. The van der Waals surface area contributed by atoms with Gasteiger partial charge in [0.25, 0.3) is 0 Å². The SMILES string of the molecule is CC(=CCSCC(=Nc1ncccn1)C1COCC=N1)CCCC(C)CCCC(C)CCCC(C)C. The molecule has 2 rings (SSSR count). The van der Waals surface area contributed by atoms with Gasteiger partial charge in [-0.05, 0) is 43.6 Å². The summed E-state index contributed by atoms with van der Waals surface area (Å²) in [4.78, 5) is 17.8. The molecule has 202 valence electrons. The molecule has 0 aromatic carbocycles. The Morgan fingerprint density at radius 1 is 1.03 bits per heavy atom. The Balaban J connectivity index is 1.63. The predicted octanol–water partition coefficient (Wildman–Crippen LogP) is 8.14. The second kappa shape index (κ2) is 18.7. The number of allylic oxidation sites excluding steroid dienone is 1. The fraction of sp³-hybridized carbons (Fsp3) is 0.733. The predicted molar refractivity (Wildman–Crippen MR) is 158 cm³/mol. The lowest BCUT2D eigenvalue weighted by Crippen LogP contribution is -2.30. The van der Waals surface area contributed by atoms with Gasteiger partial charge >= 0.3 is 0 Å². The number of ether oxygens (including phenoxy) is 1. The third kappa shape index (κ3) is 14.3. The van der Waals surface area contributed by atoms with E-state index in [9.17, 15) is 0 Å². The molecular weight excluding hydrogens is 464 g/mol. The van der Waals surface area contributed by atoms with Crippen LogP contribution < -0.4 is 0 Å². The molecule has 0 saturated heterocycles. The van der Waals surface area contributed by atoms with E-state index in [1.165, 1.54) is 63.4 Å². The van der Waals surface area contributed by atoms with Crippen molar-refractivity contribution in [2.75, 3.05) is 24.7 Å². The molecule has 5 nitrogen and oxygen atoms in total. The summed E-state index contributed by atoms with van der Waals surface area (Å²) < 4.78 is 5.58. The first-order valence-electron chi connectivity index (χ1n) is 14.1. The molecule has 1 aliphatic rings. The van der Waals surface area contributed by atoms with Crippen molar-refractivity contribution < 1.29 is 4.74 Å². The molecule has 6 heteroatoms. The maximum absolute atomic E-state index is 5.58. The number of nitrogens with zero attached hydrogens (tertiary/aromatic N) is 4. The summed E-state index contributed by atoms with van der Waals surface area (Å²) in [6.45, 7) is 13.0. The van der Waals surface area contributed by atoms with Crippen molar-refractivity contribution in [3.8, 4) is 0 Å². The Kier molecular flexibility index (Phi) is 15.9. The van der Waals surface area contributed by atoms with Crippen LogP contribution in [0.5, 0.6) is 0 Å². The van der Waals surface area contributed by atoms with E-state index in [1.54, 1.807) is 18.5 Å². The van der Waals surface area contributed by atoms with Gasteiger partial charge in [-0.3, -0.25) is 4.99 Å². The van der Waals surface area contributed by atoms with Gasteiger partial charge in [0.1, 0.15) is 6.04 Å². The van der Waals surface area contributed by atoms with Crippen molar-refractivity contribution >= 4 is 29.6 Å². The van der Waals surface area contributed by atoms with Crippen molar-refractivity contribution in [3.63, 3.8) is 0 Å². The molecule has 2 heterocycles. The van der Waals surface area contributed by atoms with Crippen LogP contribution in [0.2, 0.25) is 0 Å². The summed E-state index contributed by atoms with van der Waals surface area (Å²) in [5, 5.41) is 0. The van der Waals surface area contributed by atoms with Crippen LogP contribution >= 0.6 is 11.8 Å². The zero-order valence-electron chi connectivity index (χ0n) is 23.5. The Morgan fingerprint density at radius 2 is 1.69 bits per heavy atom. The molecule has 0 amide bonds. The highest BCUT2D eigenvalue weighted by Crippen LogP contribution is 2.22. The molecule has 0 spiro atoms. The largest absolute Gasteiger partial charge is 0.373 e. The van der Waals surface area contributed by atoms with Gasteiger partial charge in [-0.15, -0.1) is 0 Å². The molecule has 0 fully saturated rings. The second-order valence-corrected chi connectivity index (χ2v) is 12.0. The smallest absolute Gasteiger partial charge is 0.249 e. The summed E-state index contributed by atoms with van der Waals surface area (Å²) >= 11 is 1.87. The first-order valence-corrected chi connectivity index (χ1v) is 15.3. The van der Waals surface area contributed by atoms with Gasteiger partial charge in [0, 0.05) is 30.1 Å². The molecule has 1 aliphatic heterocycles. The standard InChI is InChI=1S/C30H50N4OS/c1-24(2)10-6-11-25(3)12-7-13-26(4)14-8-15-27(5)16-21-36-23-29(28-22-35-20-19-31-28)34-30-32-17-9-18-33-30/h9,16-19,24-26,28H,6-8,10-15,20-23H2,1-5H3. The van der Waals surface area contributed by atoms with Gasteiger partial charge in [0.2, 0.25) is 5.95 Å². The van der Waals surface area contributed by atoms with Crippen LogP contribution in [0.4, 0.5) is 5.95 Å². The van der Waals surface area contributed by atoms with Crippen LogP contribution in [-0.2, 0) is 4.74 Å². The fourth-order valence-corrected chi connectivity index (χ4v) is 5.47. The monoisotopic (exact) mass is 514 g/mol. The first kappa shape index (κ1) is 30.7. The fourth-order valence-electron chi connectivity index (χ4n) is 4.48. The number of hydrogen-bond donors (Lipinski definition) is 0. The Morgan fingerprint density at radius 3 is 2.33 bits per heavy atom. The summed E-state index contributed by atoms with van der Waals surface area (Å²) in [5.74, 6) is 4.87. The first-order chi connectivity index (χ1) is 17.4. The minimum Gasteiger partial charge on any atom is -0.373 e. The van der Waals surface area contributed by atoms with Gasteiger partial charge in [-0.25, -0.2) is 15.0 Å². The highest BCUT2D eigenvalue weighted by Gasteiger charge is 2.18. The van der Waals surface area contributed by atoms with Crippen LogP contribution in [0.15, 0.2) is 40.1 Å². The van der Waals surface area contributed by atoms with Crippen molar-refractivity contribution in [3.05, 3.63) is 30.1 Å². The van der Waals surface area contributed by atoms with Gasteiger partial charge in [-0.1, -0.05) is 84.3 Å². The van der Waals surface area contributed by atoms with Crippen LogP contribution in [0.3, 0.4) is 0 Å². The van der Waals surface area contributed by atoms with Crippen LogP contribution in [0.25, 0.3) is 0 Å². The van der Waals surface area contributed by atoms with Crippen molar-refractivity contribution in [2.24, 2.45) is 27.7 Å². The molecule has 3 unspecified atom stereocenters. The number of hydrogen-bond acceptors (Lipinski definition) is 6. The molecule has 0 aliphatic carbocycles. The molecule has 0 saturated carbocycles. The third-order valence-corrected chi connectivity index (χ3v) is 7.78. The van der Waals surface area contributed by atoms with E-state index in [1.807, 2.05) is 18.0 Å². The number of thioether (sulfide) groups is 1. The van der Waals surface area contributed by atoms with Gasteiger partial charge in [0.05, 0.1) is 18.9 Å². The topological polar surface area (TPSA) is 59.7 Å². The van der Waals surface area contributed by atoms with E-state index in [0.29, 0.717) is 19.2 Å². The summed E-state index contributed by atoms with van der Waals surface area (Å²) in [6, 6.07) is 1.77. The molecule has 0 bridgehead atoms. The third-order valence-electron chi connectivity index (χ3n) is 6.87. The van der Waals surface area contributed by atoms with Crippen molar-refractivity contribution in [1.29, 1.82) is 0 Å². The van der Waals surface area contributed by atoms with E-state index >= 15 is 0 Å². The van der Waals surface area contributed by atoms with E-state index in [2.05, 4.69) is 60.6 Å². The normalized spacial score (nSPS) is 18.6. The minimum absolute atomic E-state index is 0.0374. The lowest BCUT2D eigenvalue weighted by Gasteiger charge is -2.18. The average Bonchev–Trinajstić information content (AvgIpc) is 2.87. The van der Waals surface area contributed by atoms with E-state index in [-0.39, 0.29) is 6.04 Å². The van der Waals surface area contributed by atoms with Gasteiger partial charge in [0.15, 0.2) is 0 Å². The number of aromatic nitrogens is 2. The number of aliphatic imine (C=N–C) groups is 2. The quantitative estimate of drug-likeness (QED) is 0.113. The number of rotatable bonds is 18. The maximum Gasteiger partial charge on any atom is 0.249 e. The average molecular weight is 515 g/mol. The van der Waals surface area contributed by atoms with Crippen LogP contribution in [0, 0.1) is 17.8 Å². The highest BCUT2D eigenvalue weighted by molar-refractivity contribution is 8.00. The van der Waals surface area contributed by atoms with Crippen LogP contribution in [0.1, 0.15) is 92.4 Å². The summed E-state index contributed by atoms with van der Waals surface area (Å²) in [7, 11) is 0. The highest BCUT2D eigenvalue weighted by atomic mass is 32.2. The zero-order valence-corrected chi connectivity index (χ0v) is 24.3. The Labute approximate surface area is 225 Å². The molecule has 36 heavy (non-hydrogen) atoms. The van der Waals surface area contributed by atoms with Crippen LogP contribution in [-0.4, -0.2) is 52.7 Å². The maximum atomic E-state index is 5.58. The van der Waals surface area contributed by atoms with E-state index < -0.39 is 0 Å². The lowest BCUT2D eigenvalue weighted by atomic mass is 9.91. The lowest BCUT2D eigenvalue weighted by molar-refractivity contribution is 0.163. The van der Waals surface area contributed by atoms with E-state index in [0.717, 1.165) is 35.0 Å². The summed E-state index contributed by atoms with van der Waals surface area (Å²) in [6.07, 6.45) is 19.9.